The van der Waals surface area contributed by atoms with Crippen LogP contribution in [0.15, 0.2) is 0 Å². The third-order valence-corrected chi connectivity index (χ3v) is 5.10. The van der Waals surface area contributed by atoms with E-state index in [0.717, 1.165) is 32.1 Å². The first kappa shape index (κ1) is 14.8. The molecule has 0 radical (unpaired) electrons. The standard InChI is InChI=1S/C16H30N2O/c1-12-10-17-11-14(12)15(19)18-8-5-6-13(7-9-18)16(2,3)4/h12-14,17H,5-11H2,1-4H3. The fraction of sp³-hybridized carbons (Fsp3) is 0.938. The SMILES string of the molecule is CC1CNCC1C(=O)N1CCCC(C(C)(C)C)CC1. The zero-order valence-corrected chi connectivity index (χ0v) is 13.0. The normalized spacial score (nSPS) is 33.3. The van der Waals surface area contributed by atoms with Crippen LogP contribution in [0.4, 0.5) is 0 Å². The van der Waals surface area contributed by atoms with Crippen LogP contribution in [0.2, 0.25) is 0 Å². The molecule has 19 heavy (non-hydrogen) atoms. The number of nitrogens with zero attached hydrogens (tertiary/aromatic N) is 1. The van der Waals surface area contributed by atoms with Crippen LogP contribution in [0.3, 0.4) is 0 Å². The second-order valence-corrected chi connectivity index (χ2v) is 7.56. The molecule has 3 unspecified atom stereocenters. The first-order chi connectivity index (χ1) is 8.89. The van der Waals surface area contributed by atoms with Crippen molar-refractivity contribution < 1.29 is 4.79 Å². The van der Waals surface area contributed by atoms with Crippen molar-refractivity contribution in [3.63, 3.8) is 0 Å². The van der Waals surface area contributed by atoms with Crippen LogP contribution in [0.25, 0.3) is 0 Å². The Morgan fingerprint density at radius 3 is 2.47 bits per heavy atom. The molecule has 1 amide bonds. The van der Waals surface area contributed by atoms with Crippen LogP contribution in [0.5, 0.6) is 0 Å². The maximum atomic E-state index is 12.6. The van der Waals surface area contributed by atoms with Crippen LogP contribution in [-0.2, 0) is 4.79 Å². The number of amides is 1. The summed E-state index contributed by atoms with van der Waals surface area (Å²) in [5.74, 6) is 1.86. The van der Waals surface area contributed by atoms with E-state index < -0.39 is 0 Å². The number of hydrogen-bond donors (Lipinski definition) is 1. The molecular formula is C16H30N2O. The lowest BCUT2D eigenvalue weighted by atomic mass is 9.77. The molecule has 2 aliphatic heterocycles. The zero-order valence-electron chi connectivity index (χ0n) is 13.0. The van der Waals surface area contributed by atoms with Crippen molar-refractivity contribution in [1.29, 1.82) is 0 Å². The highest BCUT2D eigenvalue weighted by molar-refractivity contribution is 5.79. The molecule has 1 N–H and O–H groups in total. The number of nitrogens with one attached hydrogen (secondary N) is 1. The van der Waals surface area contributed by atoms with Crippen molar-refractivity contribution in [3.05, 3.63) is 0 Å². The predicted molar refractivity (Wildman–Crippen MR) is 78.9 cm³/mol. The highest BCUT2D eigenvalue weighted by atomic mass is 16.2. The van der Waals surface area contributed by atoms with Gasteiger partial charge in [0.1, 0.15) is 0 Å². The summed E-state index contributed by atoms with van der Waals surface area (Å²) in [7, 11) is 0. The van der Waals surface area contributed by atoms with Crippen molar-refractivity contribution in [2.45, 2.75) is 47.0 Å². The second kappa shape index (κ2) is 5.82. The number of carbonyl (C=O) groups is 1. The summed E-state index contributed by atoms with van der Waals surface area (Å²) in [5, 5.41) is 3.34. The van der Waals surface area contributed by atoms with Crippen molar-refractivity contribution in [2.24, 2.45) is 23.2 Å². The molecule has 2 heterocycles. The molecule has 2 aliphatic rings. The predicted octanol–water partition coefficient (Wildman–Crippen LogP) is 2.52. The highest BCUT2D eigenvalue weighted by Crippen LogP contribution is 2.34. The fourth-order valence-corrected chi connectivity index (χ4v) is 3.56. The van der Waals surface area contributed by atoms with Crippen LogP contribution in [0.1, 0.15) is 47.0 Å². The van der Waals surface area contributed by atoms with Gasteiger partial charge in [-0.05, 0) is 43.1 Å². The van der Waals surface area contributed by atoms with E-state index in [1.54, 1.807) is 0 Å². The molecular weight excluding hydrogens is 236 g/mol. The highest BCUT2D eigenvalue weighted by Gasteiger charge is 2.34. The quantitative estimate of drug-likeness (QED) is 0.791. The van der Waals surface area contributed by atoms with Gasteiger partial charge < -0.3 is 10.2 Å². The van der Waals surface area contributed by atoms with Gasteiger partial charge in [-0.2, -0.15) is 0 Å². The van der Waals surface area contributed by atoms with E-state index in [4.69, 9.17) is 0 Å². The molecule has 0 aromatic rings. The molecule has 0 aromatic heterocycles. The lowest BCUT2D eigenvalue weighted by molar-refractivity contribution is -0.136. The van der Waals surface area contributed by atoms with Gasteiger partial charge >= 0.3 is 0 Å². The van der Waals surface area contributed by atoms with Gasteiger partial charge in [-0.25, -0.2) is 0 Å². The van der Waals surface area contributed by atoms with Gasteiger partial charge in [-0.1, -0.05) is 27.7 Å². The Hall–Kier alpha value is -0.570. The summed E-state index contributed by atoms with van der Waals surface area (Å²) in [6, 6.07) is 0. The Morgan fingerprint density at radius 2 is 1.89 bits per heavy atom. The Kier molecular flexibility index (Phi) is 4.54. The van der Waals surface area contributed by atoms with Crippen LogP contribution in [-0.4, -0.2) is 37.0 Å². The van der Waals surface area contributed by atoms with Gasteiger partial charge in [-0.15, -0.1) is 0 Å². The number of rotatable bonds is 1. The summed E-state index contributed by atoms with van der Waals surface area (Å²) >= 11 is 0. The van der Waals surface area contributed by atoms with Gasteiger partial charge in [0.2, 0.25) is 5.91 Å². The van der Waals surface area contributed by atoms with Crippen LogP contribution >= 0.6 is 0 Å². The first-order valence-electron chi connectivity index (χ1n) is 7.89. The first-order valence-corrected chi connectivity index (χ1v) is 7.89. The van der Waals surface area contributed by atoms with E-state index >= 15 is 0 Å². The van der Waals surface area contributed by atoms with E-state index in [0.29, 0.717) is 17.2 Å². The summed E-state index contributed by atoms with van der Waals surface area (Å²) < 4.78 is 0. The van der Waals surface area contributed by atoms with Gasteiger partial charge in [0, 0.05) is 19.6 Å². The lowest BCUT2D eigenvalue weighted by Crippen LogP contribution is -2.39. The van der Waals surface area contributed by atoms with Crippen LogP contribution < -0.4 is 5.32 Å². The number of hydrogen-bond acceptors (Lipinski definition) is 2. The Bertz CT molecular complexity index is 321. The van der Waals surface area contributed by atoms with E-state index in [2.05, 4.69) is 37.9 Å². The minimum Gasteiger partial charge on any atom is -0.342 e. The molecule has 0 spiro atoms. The van der Waals surface area contributed by atoms with Crippen molar-refractivity contribution in [3.8, 4) is 0 Å². The number of carbonyl (C=O) groups excluding carboxylic acids is 1. The topological polar surface area (TPSA) is 32.3 Å². The maximum Gasteiger partial charge on any atom is 0.227 e. The molecule has 3 atom stereocenters. The minimum atomic E-state index is 0.214. The van der Waals surface area contributed by atoms with E-state index in [9.17, 15) is 4.79 Å². The fourth-order valence-electron chi connectivity index (χ4n) is 3.56. The summed E-state index contributed by atoms with van der Waals surface area (Å²) in [6.45, 7) is 13.0. The molecule has 0 saturated carbocycles. The summed E-state index contributed by atoms with van der Waals surface area (Å²) in [4.78, 5) is 14.7. The largest absolute Gasteiger partial charge is 0.342 e. The van der Waals surface area contributed by atoms with Gasteiger partial charge in [0.05, 0.1) is 5.92 Å². The molecule has 0 bridgehead atoms. The molecule has 0 aromatic carbocycles. The van der Waals surface area contributed by atoms with Crippen molar-refractivity contribution >= 4 is 5.91 Å². The summed E-state index contributed by atoms with van der Waals surface area (Å²) in [6.07, 6.45) is 3.61. The molecule has 2 rings (SSSR count). The third kappa shape index (κ3) is 3.50. The Balaban J connectivity index is 1.94. The van der Waals surface area contributed by atoms with Gasteiger partial charge in [-0.3, -0.25) is 4.79 Å². The minimum absolute atomic E-state index is 0.214. The molecule has 3 heteroatoms. The lowest BCUT2D eigenvalue weighted by Gasteiger charge is -2.30. The smallest absolute Gasteiger partial charge is 0.227 e. The molecule has 2 fully saturated rings. The van der Waals surface area contributed by atoms with Crippen LogP contribution in [0, 0.1) is 23.2 Å². The van der Waals surface area contributed by atoms with Gasteiger partial charge in [0.15, 0.2) is 0 Å². The average molecular weight is 266 g/mol. The molecule has 0 aliphatic carbocycles. The van der Waals surface area contributed by atoms with E-state index in [-0.39, 0.29) is 5.92 Å². The molecule has 110 valence electrons. The maximum absolute atomic E-state index is 12.6. The Morgan fingerprint density at radius 1 is 1.16 bits per heavy atom. The molecule has 2 saturated heterocycles. The van der Waals surface area contributed by atoms with E-state index in [1.165, 1.54) is 19.3 Å². The zero-order chi connectivity index (χ0) is 14.0. The number of likely N-dealkylation sites (tertiary alicyclic amines) is 1. The average Bonchev–Trinajstić information content (AvgIpc) is 2.62. The Labute approximate surface area is 118 Å². The summed E-state index contributed by atoms with van der Waals surface area (Å²) in [5.41, 5.74) is 0.376. The van der Waals surface area contributed by atoms with Gasteiger partial charge in [0.25, 0.3) is 0 Å². The van der Waals surface area contributed by atoms with Crippen molar-refractivity contribution in [2.75, 3.05) is 26.2 Å². The monoisotopic (exact) mass is 266 g/mol. The second-order valence-electron chi connectivity index (χ2n) is 7.56. The molecule has 3 nitrogen and oxygen atoms in total. The third-order valence-electron chi connectivity index (χ3n) is 5.10. The van der Waals surface area contributed by atoms with Crippen molar-refractivity contribution in [1.82, 2.24) is 10.2 Å². The van der Waals surface area contributed by atoms with E-state index in [1.807, 2.05) is 0 Å².